The zero-order chi connectivity index (χ0) is 32.2. The Bertz CT molecular complexity index is 1440. The molecule has 4 N–H and O–H groups in total. The van der Waals surface area contributed by atoms with E-state index in [4.69, 9.17) is 10.5 Å². The van der Waals surface area contributed by atoms with Crippen molar-refractivity contribution in [2.45, 2.75) is 57.4 Å². The number of carbonyl (C=O) groups excluding carboxylic acids is 2. The van der Waals surface area contributed by atoms with Gasteiger partial charge >= 0.3 is 6.09 Å². The molecule has 0 spiro atoms. The fourth-order valence-electron chi connectivity index (χ4n) is 5.19. The maximum Gasteiger partial charge on any atom is 0.409 e. The number of nitrogens with zero attached hydrogens (tertiary/aromatic N) is 4. The van der Waals surface area contributed by atoms with E-state index in [9.17, 15) is 9.59 Å². The van der Waals surface area contributed by atoms with E-state index in [0.717, 1.165) is 40.6 Å². The fraction of sp³-hybridized carbons (Fsp3) is 0.438. The summed E-state index contributed by atoms with van der Waals surface area (Å²) in [6, 6.07) is 12.3. The van der Waals surface area contributed by atoms with E-state index in [2.05, 4.69) is 75.9 Å². The molecule has 2 unspecified atom stereocenters. The fourth-order valence-corrected chi connectivity index (χ4v) is 5.69. The SMILES string of the molecule is CC=C(CC(OC(=O)NCCNc1cccc2c(N(C)C)cccc12)N(C=O)Cc1cnc(C)nc1N)C(CC)CC(S)S.Cl. The molecule has 0 aliphatic rings. The molecule has 2 aromatic carbocycles. The van der Waals surface area contributed by atoms with Crippen molar-refractivity contribution < 1.29 is 14.3 Å². The van der Waals surface area contributed by atoms with Crippen LogP contribution in [0.2, 0.25) is 0 Å². The molecule has 3 aromatic rings. The lowest BCUT2D eigenvalue weighted by Gasteiger charge is -2.31. The van der Waals surface area contributed by atoms with Gasteiger partial charge in [0.2, 0.25) is 6.41 Å². The number of fused-ring (bicyclic) bond motifs is 1. The van der Waals surface area contributed by atoms with Gasteiger partial charge in [-0.3, -0.25) is 4.79 Å². The number of amides is 2. The molecule has 246 valence electrons. The first-order valence-electron chi connectivity index (χ1n) is 14.8. The van der Waals surface area contributed by atoms with Crippen molar-refractivity contribution in [3.63, 3.8) is 0 Å². The molecule has 0 aliphatic heterocycles. The zero-order valence-corrected chi connectivity index (χ0v) is 29.2. The normalized spacial score (nSPS) is 12.7. The number of hydrogen-bond donors (Lipinski definition) is 5. The monoisotopic (exact) mass is 675 g/mol. The molecule has 0 saturated heterocycles. The molecule has 3 rings (SSSR count). The Balaban J connectivity index is 0.00000705. The number of thiol groups is 2. The summed E-state index contributed by atoms with van der Waals surface area (Å²) in [5.74, 6) is 0.963. The van der Waals surface area contributed by atoms with Gasteiger partial charge in [-0.2, -0.15) is 25.3 Å². The molecule has 45 heavy (non-hydrogen) atoms. The molecule has 10 nitrogen and oxygen atoms in total. The number of benzene rings is 2. The highest BCUT2D eigenvalue weighted by molar-refractivity contribution is 7.99. The van der Waals surface area contributed by atoms with Crippen LogP contribution in [0.5, 0.6) is 0 Å². The lowest BCUT2D eigenvalue weighted by Crippen LogP contribution is -2.42. The predicted molar refractivity (Wildman–Crippen MR) is 194 cm³/mol. The van der Waals surface area contributed by atoms with Crippen molar-refractivity contribution in [1.82, 2.24) is 20.2 Å². The first-order chi connectivity index (χ1) is 21.1. The van der Waals surface area contributed by atoms with Crippen LogP contribution in [0.4, 0.5) is 22.0 Å². The van der Waals surface area contributed by atoms with Crippen LogP contribution in [0.1, 0.15) is 44.5 Å². The van der Waals surface area contributed by atoms with Crippen LogP contribution < -0.4 is 21.3 Å². The van der Waals surface area contributed by atoms with Crippen LogP contribution in [0.15, 0.2) is 54.2 Å². The van der Waals surface area contributed by atoms with E-state index in [-0.39, 0.29) is 35.3 Å². The topological polar surface area (TPSA) is 126 Å². The molecule has 1 aromatic heterocycles. The molecule has 13 heteroatoms. The van der Waals surface area contributed by atoms with Gasteiger partial charge in [-0.25, -0.2) is 14.8 Å². The number of aryl methyl sites for hydroxylation is 1. The number of allylic oxidation sites excluding steroid dienone is 1. The van der Waals surface area contributed by atoms with Gasteiger partial charge in [-0.15, -0.1) is 12.4 Å². The number of ether oxygens (including phenoxy) is 1. The third kappa shape index (κ3) is 10.9. The third-order valence-electron chi connectivity index (χ3n) is 7.50. The van der Waals surface area contributed by atoms with Gasteiger partial charge in [-0.05, 0) is 44.7 Å². The van der Waals surface area contributed by atoms with Crippen molar-refractivity contribution in [3.05, 3.63) is 65.6 Å². The summed E-state index contributed by atoms with van der Waals surface area (Å²) in [5, 5.41) is 8.47. The van der Waals surface area contributed by atoms with Crippen LogP contribution in [0.3, 0.4) is 0 Å². The van der Waals surface area contributed by atoms with Gasteiger partial charge in [0.25, 0.3) is 0 Å². The number of alkyl carbamates (subject to hydrolysis) is 1. The second-order valence-electron chi connectivity index (χ2n) is 10.8. The van der Waals surface area contributed by atoms with Crippen LogP contribution in [-0.4, -0.2) is 65.4 Å². The number of nitrogens with one attached hydrogen (secondary N) is 2. The predicted octanol–water partition coefficient (Wildman–Crippen LogP) is 6.07. The number of nitrogen functional groups attached to an aromatic ring is 1. The Morgan fingerprint density at radius 3 is 2.47 bits per heavy atom. The second kappa shape index (κ2) is 18.6. The van der Waals surface area contributed by atoms with Gasteiger partial charge in [0.15, 0.2) is 6.23 Å². The summed E-state index contributed by atoms with van der Waals surface area (Å²) in [7, 11) is 4.04. The number of hydrogen-bond acceptors (Lipinski definition) is 10. The van der Waals surface area contributed by atoms with E-state index >= 15 is 0 Å². The average Bonchev–Trinajstić information content (AvgIpc) is 2.99. The zero-order valence-electron chi connectivity index (χ0n) is 26.6. The smallest absolute Gasteiger partial charge is 0.409 e. The molecule has 0 aliphatic carbocycles. The standard InChI is InChI=1S/C32H45N7O3S2.ClH/c1-6-22(23(7-2)17-30(43)44)16-29(39(20-40)19-24-18-36-21(3)37-31(24)33)42-32(41)35-15-14-34-27-12-8-11-26-25(27)10-9-13-28(26)38(4)5;/h6,8-13,18,20,23,29-30,34,43-44H,7,14-17,19H2,1-5H3,(H,35,41)(H2,33,36,37);1H. The molecule has 1 heterocycles. The Hall–Kier alpha value is -3.35. The van der Waals surface area contributed by atoms with E-state index in [1.807, 2.05) is 45.3 Å². The van der Waals surface area contributed by atoms with E-state index < -0.39 is 12.3 Å². The number of nitrogens with two attached hydrogens (primary N) is 1. The highest BCUT2D eigenvalue weighted by Gasteiger charge is 2.27. The van der Waals surface area contributed by atoms with Crippen LogP contribution >= 0.6 is 37.7 Å². The van der Waals surface area contributed by atoms with Crippen LogP contribution in [0.25, 0.3) is 10.8 Å². The summed E-state index contributed by atoms with van der Waals surface area (Å²) < 4.78 is 5.78. The van der Waals surface area contributed by atoms with E-state index in [1.54, 1.807) is 13.1 Å². The molecule has 2 amide bonds. The third-order valence-corrected chi connectivity index (χ3v) is 7.93. The first-order valence-corrected chi connectivity index (χ1v) is 15.8. The van der Waals surface area contributed by atoms with E-state index in [0.29, 0.717) is 37.3 Å². The number of halogens is 1. The van der Waals surface area contributed by atoms with Crippen molar-refractivity contribution in [3.8, 4) is 0 Å². The van der Waals surface area contributed by atoms with Crippen molar-refractivity contribution in [2.24, 2.45) is 5.92 Å². The lowest BCUT2D eigenvalue weighted by atomic mass is 9.90. The molecular weight excluding hydrogens is 630 g/mol. The highest BCUT2D eigenvalue weighted by atomic mass is 35.5. The highest BCUT2D eigenvalue weighted by Crippen LogP contribution is 2.31. The molecule has 0 radical (unpaired) electrons. The minimum Gasteiger partial charge on any atom is -0.425 e. The Morgan fingerprint density at radius 1 is 1.13 bits per heavy atom. The Morgan fingerprint density at radius 2 is 1.84 bits per heavy atom. The second-order valence-corrected chi connectivity index (χ2v) is 12.4. The number of anilines is 3. The Kier molecular flexibility index (Phi) is 15.6. The van der Waals surface area contributed by atoms with Crippen LogP contribution in [-0.2, 0) is 16.1 Å². The molecule has 0 fully saturated rings. The first kappa shape index (κ1) is 37.8. The Labute approximate surface area is 283 Å². The van der Waals surface area contributed by atoms with Gasteiger partial charge in [0.1, 0.15) is 11.6 Å². The number of aromatic nitrogens is 2. The van der Waals surface area contributed by atoms with Crippen molar-refractivity contribution in [1.29, 1.82) is 0 Å². The molecular formula is C32H46ClN7O3S2. The van der Waals surface area contributed by atoms with Gasteiger partial charge < -0.3 is 30.9 Å². The van der Waals surface area contributed by atoms with Gasteiger partial charge in [0.05, 0.1) is 6.54 Å². The maximum absolute atomic E-state index is 13.1. The lowest BCUT2D eigenvalue weighted by molar-refractivity contribution is -0.128. The summed E-state index contributed by atoms with van der Waals surface area (Å²) in [6.07, 6.45) is 4.65. The number of carbonyl (C=O) groups is 2. The quantitative estimate of drug-likeness (QED) is 0.0408. The number of rotatable bonds is 16. The van der Waals surface area contributed by atoms with Gasteiger partial charge in [-0.1, -0.05) is 42.8 Å². The van der Waals surface area contributed by atoms with Gasteiger partial charge in [0, 0.05) is 72.1 Å². The molecule has 2 atom stereocenters. The van der Waals surface area contributed by atoms with Crippen molar-refractivity contribution in [2.75, 3.05) is 43.1 Å². The summed E-state index contributed by atoms with van der Waals surface area (Å²) in [6.45, 7) is 6.64. The molecule has 0 saturated carbocycles. The summed E-state index contributed by atoms with van der Waals surface area (Å²) in [5.41, 5.74) is 9.82. The summed E-state index contributed by atoms with van der Waals surface area (Å²) in [4.78, 5) is 37.3. The minimum absolute atomic E-state index is 0. The van der Waals surface area contributed by atoms with Crippen LogP contribution in [0, 0.1) is 12.8 Å². The minimum atomic E-state index is -0.887. The maximum atomic E-state index is 13.1. The van der Waals surface area contributed by atoms with E-state index in [1.165, 1.54) is 4.90 Å². The van der Waals surface area contributed by atoms with Crippen molar-refractivity contribution >= 4 is 78.1 Å². The average molecular weight is 676 g/mol. The summed E-state index contributed by atoms with van der Waals surface area (Å²) >= 11 is 8.92. The largest absolute Gasteiger partial charge is 0.425 e. The molecule has 0 bridgehead atoms.